The van der Waals surface area contributed by atoms with Crippen LogP contribution >= 0.6 is 23.1 Å². The van der Waals surface area contributed by atoms with Crippen LogP contribution in [0.1, 0.15) is 34.7 Å². The van der Waals surface area contributed by atoms with Gasteiger partial charge in [0.1, 0.15) is 5.71 Å². The second-order valence-electron chi connectivity index (χ2n) is 5.27. The normalized spacial score (nSPS) is 12.1. The zero-order chi connectivity index (χ0) is 19.9. The van der Waals surface area contributed by atoms with Gasteiger partial charge < -0.3 is 4.74 Å². The molecule has 4 nitrogen and oxygen atoms in total. The SMILES string of the molecule is CCOC(=O)NN=C(c1ccc(C(F)(F)F)cc1)c1ccc(CSCC)s1. The predicted molar refractivity (Wildman–Crippen MR) is 103 cm³/mol. The molecule has 27 heavy (non-hydrogen) atoms. The third kappa shape index (κ3) is 6.28. The summed E-state index contributed by atoms with van der Waals surface area (Å²) >= 11 is 3.25. The molecular weight excluding hydrogens is 397 g/mol. The Labute approximate surface area is 163 Å². The van der Waals surface area contributed by atoms with Crippen LogP contribution in [0.25, 0.3) is 0 Å². The molecule has 2 rings (SSSR count). The lowest BCUT2D eigenvalue weighted by Crippen LogP contribution is -2.21. The van der Waals surface area contributed by atoms with E-state index < -0.39 is 17.8 Å². The van der Waals surface area contributed by atoms with Crippen molar-refractivity contribution >= 4 is 34.9 Å². The highest BCUT2D eigenvalue weighted by Gasteiger charge is 2.30. The van der Waals surface area contributed by atoms with Crippen LogP contribution in [-0.4, -0.2) is 24.2 Å². The van der Waals surface area contributed by atoms with E-state index in [0.717, 1.165) is 33.4 Å². The quantitative estimate of drug-likeness (QED) is 0.478. The standard InChI is InChI=1S/C18H19F3N2O2S2/c1-3-25-17(24)23-22-16(15-10-9-14(27-15)11-26-4-2)12-5-7-13(8-6-12)18(19,20)21/h5-10H,3-4,11H2,1-2H3,(H,23,24). The summed E-state index contributed by atoms with van der Waals surface area (Å²) in [4.78, 5) is 13.4. The van der Waals surface area contributed by atoms with Gasteiger partial charge in [-0.1, -0.05) is 19.1 Å². The van der Waals surface area contributed by atoms with Gasteiger partial charge in [-0.25, -0.2) is 10.2 Å². The molecule has 0 aliphatic heterocycles. The number of thiophene rings is 1. The molecule has 0 unspecified atom stereocenters. The van der Waals surface area contributed by atoms with Gasteiger partial charge in [0.15, 0.2) is 0 Å². The zero-order valence-corrected chi connectivity index (χ0v) is 16.4. The lowest BCUT2D eigenvalue weighted by Gasteiger charge is -2.09. The lowest BCUT2D eigenvalue weighted by atomic mass is 10.1. The Bertz CT molecular complexity index is 787. The Morgan fingerprint density at radius 3 is 2.48 bits per heavy atom. The number of halogens is 3. The smallest absolute Gasteiger partial charge is 0.427 e. The maximum Gasteiger partial charge on any atom is 0.427 e. The van der Waals surface area contributed by atoms with E-state index in [1.165, 1.54) is 23.5 Å². The van der Waals surface area contributed by atoms with E-state index in [2.05, 4.69) is 17.5 Å². The van der Waals surface area contributed by atoms with Gasteiger partial charge in [-0.05, 0) is 36.9 Å². The fourth-order valence-electron chi connectivity index (χ4n) is 2.13. The van der Waals surface area contributed by atoms with E-state index in [-0.39, 0.29) is 6.61 Å². The van der Waals surface area contributed by atoms with E-state index in [4.69, 9.17) is 4.74 Å². The molecule has 2 aromatic rings. The number of nitrogens with one attached hydrogen (secondary N) is 1. The Balaban J connectivity index is 2.33. The number of carbonyl (C=O) groups is 1. The first-order valence-electron chi connectivity index (χ1n) is 8.20. The molecule has 0 saturated carbocycles. The minimum Gasteiger partial charge on any atom is -0.449 e. The number of alkyl halides is 3. The molecule has 1 N–H and O–H groups in total. The number of hydrogen-bond donors (Lipinski definition) is 1. The second kappa shape index (κ2) is 9.80. The first-order chi connectivity index (χ1) is 12.8. The molecule has 146 valence electrons. The van der Waals surface area contributed by atoms with Crippen LogP contribution in [0.5, 0.6) is 0 Å². The third-order valence-corrected chi connectivity index (χ3v) is 5.56. The van der Waals surface area contributed by atoms with Crippen molar-refractivity contribution in [3.63, 3.8) is 0 Å². The maximum atomic E-state index is 12.8. The minimum absolute atomic E-state index is 0.189. The number of nitrogens with zero attached hydrogens (tertiary/aromatic N) is 1. The number of benzene rings is 1. The molecule has 0 bridgehead atoms. The molecule has 0 radical (unpaired) electrons. The molecule has 0 aliphatic rings. The molecule has 0 atom stereocenters. The number of thioether (sulfide) groups is 1. The Kier molecular flexibility index (Phi) is 7.73. The molecular formula is C18H19F3N2O2S2. The van der Waals surface area contributed by atoms with Crippen LogP contribution in [0.15, 0.2) is 41.5 Å². The summed E-state index contributed by atoms with van der Waals surface area (Å²) in [7, 11) is 0. The lowest BCUT2D eigenvalue weighted by molar-refractivity contribution is -0.137. The fourth-order valence-corrected chi connectivity index (χ4v) is 3.93. The van der Waals surface area contributed by atoms with Crippen LogP contribution in [-0.2, 0) is 16.7 Å². The van der Waals surface area contributed by atoms with Gasteiger partial charge in [0.05, 0.1) is 17.0 Å². The van der Waals surface area contributed by atoms with Crippen molar-refractivity contribution in [3.05, 3.63) is 57.3 Å². The molecule has 0 saturated heterocycles. The number of ether oxygens (including phenoxy) is 1. The zero-order valence-electron chi connectivity index (χ0n) is 14.8. The molecule has 1 aromatic carbocycles. The first kappa shape index (κ1) is 21.3. The van der Waals surface area contributed by atoms with Crippen molar-refractivity contribution in [2.75, 3.05) is 12.4 Å². The summed E-state index contributed by atoms with van der Waals surface area (Å²) in [5, 5.41) is 4.08. The van der Waals surface area contributed by atoms with Gasteiger partial charge in [-0.15, -0.1) is 11.3 Å². The molecule has 9 heteroatoms. The molecule has 0 spiro atoms. The summed E-state index contributed by atoms with van der Waals surface area (Å²) in [6, 6.07) is 8.48. The summed E-state index contributed by atoms with van der Waals surface area (Å²) < 4.78 is 43.2. The number of carbonyl (C=O) groups excluding carboxylic acids is 1. The van der Waals surface area contributed by atoms with Gasteiger partial charge in [-0.2, -0.15) is 30.0 Å². The highest BCUT2D eigenvalue weighted by atomic mass is 32.2. The van der Waals surface area contributed by atoms with Crippen molar-refractivity contribution in [3.8, 4) is 0 Å². The van der Waals surface area contributed by atoms with Crippen LogP contribution in [0.2, 0.25) is 0 Å². The van der Waals surface area contributed by atoms with E-state index in [1.54, 1.807) is 18.7 Å². The maximum absolute atomic E-state index is 12.8. The molecule has 1 heterocycles. The number of hydrazone groups is 1. The average molecular weight is 416 g/mol. The van der Waals surface area contributed by atoms with Gasteiger partial charge in [0, 0.05) is 16.2 Å². The largest absolute Gasteiger partial charge is 0.449 e. The van der Waals surface area contributed by atoms with Crippen molar-refractivity contribution in [1.29, 1.82) is 0 Å². The Morgan fingerprint density at radius 1 is 1.19 bits per heavy atom. The van der Waals surface area contributed by atoms with Gasteiger partial charge in [-0.3, -0.25) is 0 Å². The topological polar surface area (TPSA) is 50.7 Å². The highest BCUT2D eigenvalue weighted by molar-refractivity contribution is 7.98. The minimum atomic E-state index is -4.41. The Morgan fingerprint density at radius 2 is 1.89 bits per heavy atom. The summed E-state index contributed by atoms with van der Waals surface area (Å²) in [5.74, 6) is 1.82. The van der Waals surface area contributed by atoms with Gasteiger partial charge in [0.2, 0.25) is 0 Å². The average Bonchev–Trinajstić information content (AvgIpc) is 3.09. The van der Waals surface area contributed by atoms with Gasteiger partial charge >= 0.3 is 12.3 Å². The first-order valence-corrected chi connectivity index (χ1v) is 10.2. The predicted octanol–water partition coefficient (Wildman–Crippen LogP) is 5.52. The van der Waals surface area contributed by atoms with E-state index in [1.807, 2.05) is 12.1 Å². The molecule has 1 amide bonds. The van der Waals surface area contributed by atoms with Crippen molar-refractivity contribution in [1.82, 2.24) is 5.43 Å². The number of amides is 1. The fraction of sp³-hybridized carbons (Fsp3) is 0.333. The van der Waals surface area contributed by atoms with E-state index >= 15 is 0 Å². The number of hydrogen-bond acceptors (Lipinski definition) is 5. The number of rotatable bonds is 7. The van der Waals surface area contributed by atoms with E-state index in [9.17, 15) is 18.0 Å². The van der Waals surface area contributed by atoms with E-state index in [0.29, 0.717) is 11.3 Å². The van der Waals surface area contributed by atoms with Crippen LogP contribution in [0.4, 0.5) is 18.0 Å². The van der Waals surface area contributed by atoms with Crippen molar-refractivity contribution in [2.45, 2.75) is 25.8 Å². The van der Waals surface area contributed by atoms with Crippen molar-refractivity contribution < 1.29 is 22.7 Å². The summed E-state index contributed by atoms with van der Waals surface area (Å²) in [5.41, 5.74) is 2.40. The second-order valence-corrected chi connectivity index (χ2v) is 7.71. The Hall–Kier alpha value is -2.00. The summed E-state index contributed by atoms with van der Waals surface area (Å²) in [6.07, 6.45) is -5.13. The van der Waals surface area contributed by atoms with Crippen LogP contribution < -0.4 is 5.43 Å². The van der Waals surface area contributed by atoms with Gasteiger partial charge in [0.25, 0.3) is 0 Å². The van der Waals surface area contributed by atoms with Crippen LogP contribution in [0, 0.1) is 0 Å². The monoisotopic (exact) mass is 416 g/mol. The van der Waals surface area contributed by atoms with Crippen molar-refractivity contribution in [2.24, 2.45) is 5.10 Å². The molecule has 1 aromatic heterocycles. The highest BCUT2D eigenvalue weighted by Crippen LogP contribution is 2.30. The third-order valence-electron chi connectivity index (χ3n) is 3.36. The summed E-state index contributed by atoms with van der Waals surface area (Å²) in [6.45, 7) is 3.92. The molecule has 0 fully saturated rings. The molecule has 0 aliphatic carbocycles. The van der Waals surface area contributed by atoms with Crippen LogP contribution in [0.3, 0.4) is 0 Å².